The van der Waals surface area contributed by atoms with Gasteiger partial charge >= 0.3 is 0 Å². The zero-order valence-electron chi connectivity index (χ0n) is 13.8. The van der Waals surface area contributed by atoms with Gasteiger partial charge in [0.2, 0.25) is 5.88 Å². The monoisotopic (exact) mass is 324 g/mol. The number of carbonyl (C=O) groups excluding carboxylic acids is 1. The van der Waals surface area contributed by atoms with Gasteiger partial charge in [0.05, 0.1) is 6.61 Å². The minimum absolute atomic E-state index is 0.286. The molecular formula is C19H20N2O3. The fourth-order valence-electron chi connectivity index (χ4n) is 1.95. The van der Waals surface area contributed by atoms with Gasteiger partial charge < -0.3 is 14.8 Å². The highest BCUT2D eigenvalue weighted by Gasteiger charge is 2.10. The first-order chi connectivity index (χ1) is 11.7. The van der Waals surface area contributed by atoms with E-state index < -0.39 is 0 Å². The number of benzene rings is 1. The lowest BCUT2D eigenvalue weighted by Crippen LogP contribution is -2.21. The molecule has 0 radical (unpaired) electrons. The molecular weight excluding hydrogens is 304 g/mol. The van der Waals surface area contributed by atoms with E-state index in [0.29, 0.717) is 24.0 Å². The predicted molar refractivity (Wildman–Crippen MR) is 91.8 cm³/mol. The van der Waals surface area contributed by atoms with Gasteiger partial charge in [-0.15, -0.1) is 0 Å². The number of pyridine rings is 1. The summed E-state index contributed by atoms with van der Waals surface area (Å²) < 4.78 is 11.6. The van der Waals surface area contributed by atoms with Crippen molar-refractivity contribution in [1.82, 2.24) is 10.3 Å². The van der Waals surface area contributed by atoms with Crippen LogP contribution < -0.4 is 14.8 Å². The van der Waals surface area contributed by atoms with Crippen molar-refractivity contribution in [3.63, 3.8) is 0 Å². The zero-order chi connectivity index (χ0) is 17.2. The van der Waals surface area contributed by atoms with Crippen molar-refractivity contribution < 1.29 is 14.3 Å². The molecule has 2 aromatic rings. The van der Waals surface area contributed by atoms with E-state index in [2.05, 4.69) is 22.1 Å². The van der Waals surface area contributed by atoms with Crippen LogP contribution in [0.25, 0.3) is 0 Å². The van der Waals surface area contributed by atoms with Gasteiger partial charge in [-0.1, -0.05) is 31.0 Å². The number of amides is 1. The summed E-state index contributed by atoms with van der Waals surface area (Å²) in [6.45, 7) is 4.56. The van der Waals surface area contributed by atoms with E-state index in [1.165, 1.54) is 0 Å². The van der Waals surface area contributed by atoms with Crippen LogP contribution in [-0.2, 0) is 11.3 Å². The largest absolute Gasteiger partial charge is 0.490 e. The summed E-state index contributed by atoms with van der Waals surface area (Å²) in [7, 11) is 0. The van der Waals surface area contributed by atoms with Crippen molar-refractivity contribution in [2.75, 3.05) is 6.61 Å². The molecule has 1 N–H and O–H groups in total. The van der Waals surface area contributed by atoms with Crippen LogP contribution in [0.1, 0.15) is 25.8 Å². The topological polar surface area (TPSA) is 60.5 Å². The highest BCUT2D eigenvalue weighted by atomic mass is 16.5. The third-order valence-electron chi connectivity index (χ3n) is 3.05. The maximum Gasteiger partial charge on any atom is 0.296 e. The molecule has 0 unspecified atom stereocenters. The Morgan fingerprint density at radius 2 is 2.00 bits per heavy atom. The first kappa shape index (κ1) is 17.4. The molecule has 0 saturated carbocycles. The molecule has 0 spiro atoms. The van der Waals surface area contributed by atoms with E-state index in [9.17, 15) is 4.79 Å². The summed E-state index contributed by atoms with van der Waals surface area (Å²) >= 11 is 0. The molecule has 1 amide bonds. The van der Waals surface area contributed by atoms with E-state index in [0.717, 1.165) is 12.0 Å². The number of hydrogen-bond donors (Lipinski definition) is 1. The van der Waals surface area contributed by atoms with E-state index in [-0.39, 0.29) is 12.5 Å². The third-order valence-corrected chi connectivity index (χ3v) is 3.05. The molecule has 0 fully saturated rings. The van der Waals surface area contributed by atoms with Crippen LogP contribution in [0.4, 0.5) is 0 Å². The van der Waals surface area contributed by atoms with Gasteiger partial charge in [0.1, 0.15) is 0 Å². The molecule has 0 bridgehead atoms. The average Bonchev–Trinajstić information content (AvgIpc) is 2.60. The van der Waals surface area contributed by atoms with E-state index in [1.807, 2.05) is 37.3 Å². The van der Waals surface area contributed by atoms with E-state index >= 15 is 0 Å². The first-order valence-electron chi connectivity index (χ1n) is 7.78. The number of rotatable bonds is 7. The smallest absolute Gasteiger partial charge is 0.296 e. The third kappa shape index (κ3) is 5.03. The summed E-state index contributed by atoms with van der Waals surface area (Å²) in [5, 5.41) is 2.71. The second-order valence-electron chi connectivity index (χ2n) is 4.92. The molecule has 1 heterocycles. The van der Waals surface area contributed by atoms with Gasteiger partial charge in [-0.05, 0) is 37.5 Å². The fraction of sp³-hybridized carbons (Fsp3) is 0.263. The summed E-state index contributed by atoms with van der Waals surface area (Å²) in [6, 6.07) is 11.1. The SMILES string of the molecule is CC#CC(=O)NCc1cccnc1Oc1ccccc1OCCC. The van der Waals surface area contributed by atoms with Crippen LogP contribution in [-0.4, -0.2) is 17.5 Å². The second-order valence-corrected chi connectivity index (χ2v) is 4.92. The van der Waals surface area contributed by atoms with Crippen LogP contribution >= 0.6 is 0 Å². The maximum atomic E-state index is 11.5. The van der Waals surface area contributed by atoms with Crippen molar-refractivity contribution in [1.29, 1.82) is 0 Å². The van der Waals surface area contributed by atoms with Gasteiger partial charge in [-0.25, -0.2) is 4.98 Å². The van der Waals surface area contributed by atoms with E-state index in [1.54, 1.807) is 19.2 Å². The molecule has 2 rings (SSSR count). The summed E-state index contributed by atoms with van der Waals surface area (Å²) in [5.41, 5.74) is 0.758. The number of nitrogens with zero attached hydrogens (tertiary/aromatic N) is 1. The summed E-state index contributed by atoms with van der Waals surface area (Å²) in [6.07, 6.45) is 2.55. The molecule has 5 nitrogen and oxygen atoms in total. The highest BCUT2D eigenvalue weighted by molar-refractivity contribution is 5.93. The Morgan fingerprint density at radius 3 is 2.75 bits per heavy atom. The summed E-state index contributed by atoms with van der Waals surface area (Å²) in [4.78, 5) is 15.7. The Kier molecular flexibility index (Phi) is 6.66. The molecule has 0 saturated heterocycles. The normalized spacial score (nSPS) is 9.58. The van der Waals surface area contributed by atoms with Gasteiger partial charge in [-0.2, -0.15) is 0 Å². The van der Waals surface area contributed by atoms with Crippen LogP contribution in [0, 0.1) is 11.8 Å². The predicted octanol–water partition coefficient (Wildman–Crippen LogP) is 3.30. The Hall–Kier alpha value is -3.00. The standard InChI is InChI=1S/C19H20N2O3/c1-3-8-18(22)21-14-15-9-7-12-20-19(15)24-17-11-6-5-10-16(17)23-13-4-2/h5-7,9-12H,4,13-14H2,1-2H3,(H,21,22). The average molecular weight is 324 g/mol. The zero-order valence-corrected chi connectivity index (χ0v) is 13.8. The number of aromatic nitrogens is 1. The minimum atomic E-state index is -0.334. The van der Waals surface area contributed by atoms with Crippen LogP contribution in [0.2, 0.25) is 0 Å². The number of nitrogens with one attached hydrogen (secondary N) is 1. The van der Waals surface area contributed by atoms with Crippen LogP contribution in [0.15, 0.2) is 42.6 Å². The Morgan fingerprint density at radius 1 is 1.21 bits per heavy atom. The van der Waals surface area contributed by atoms with Crippen molar-refractivity contribution in [3.05, 3.63) is 48.2 Å². The maximum absolute atomic E-state index is 11.5. The molecule has 5 heteroatoms. The Labute approximate surface area is 142 Å². The van der Waals surface area contributed by atoms with Crippen molar-refractivity contribution in [2.24, 2.45) is 0 Å². The molecule has 124 valence electrons. The lowest BCUT2D eigenvalue weighted by molar-refractivity contribution is -0.115. The number of carbonyl (C=O) groups is 1. The lowest BCUT2D eigenvalue weighted by Gasteiger charge is -2.13. The second kappa shape index (κ2) is 9.21. The van der Waals surface area contributed by atoms with Gasteiger partial charge in [0.25, 0.3) is 5.91 Å². The Bertz CT molecular complexity index is 748. The highest BCUT2D eigenvalue weighted by Crippen LogP contribution is 2.31. The fourth-order valence-corrected chi connectivity index (χ4v) is 1.95. The van der Waals surface area contributed by atoms with Crippen LogP contribution in [0.3, 0.4) is 0 Å². The Balaban J connectivity index is 2.15. The van der Waals surface area contributed by atoms with E-state index in [4.69, 9.17) is 9.47 Å². The van der Waals surface area contributed by atoms with Crippen LogP contribution in [0.5, 0.6) is 17.4 Å². The molecule has 1 aromatic heterocycles. The number of para-hydroxylation sites is 2. The molecule has 24 heavy (non-hydrogen) atoms. The van der Waals surface area contributed by atoms with Gasteiger partial charge in [0.15, 0.2) is 11.5 Å². The first-order valence-corrected chi connectivity index (χ1v) is 7.78. The van der Waals surface area contributed by atoms with Crippen molar-refractivity contribution >= 4 is 5.91 Å². The number of hydrogen-bond acceptors (Lipinski definition) is 4. The number of ether oxygens (including phenoxy) is 2. The van der Waals surface area contributed by atoms with Crippen molar-refractivity contribution in [3.8, 4) is 29.2 Å². The molecule has 0 aliphatic heterocycles. The molecule has 0 aliphatic carbocycles. The molecule has 1 aromatic carbocycles. The molecule has 0 aliphatic rings. The van der Waals surface area contributed by atoms with Gasteiger partial charge in [-0.3, -0.25) is 4.79 Å². The summed E-state index contributed by atoms with van der Waals surface area (Å²) in [5.74, 6) is 6.34. The van der Waals surface area contributed by atoms with Gasteiger partial charge in [0, 0.05) is 18.3 Å². The minimum Gasteiger partial charge on any atom is -0.490 e. The molecule has 0 atom stereocenters. The quantitative estimate of drug-likeness (QED) is 0.794. The lowest BCUT2D eigenvalue weighted by atomic mass is 10.2. The van der Waals surface area contributed by atoms with Crippen molar-refractivity contribution in [2.45, 2.75) is 26.8 Å².